The number of hydrogen-bond acceptors (Lipinski definition) is 3. The first kappa shape index (κ1) is 19.5. The lowest BCUT2D eigenvalue weighted by Gasteiger charge is -2.44. The number of hydrogen-bond donors (Lipinski definition) is 1. The van der Waals surface area contributed by atoms with Gasteiger partial charge in [0.2, 0.25) is 0 Å². The lowest BCUT2D eigenvalue weighted by Crippen LogP contribution is -2.52. The summed E-state index contributed by atoms with van der Waals surface area (Å²) in [6, 6.07) is 9.22. The first-order valence-corrected chi connectivity index (χ1v) is 10.8. The molecular formula is C24H26F2N2O2. The van der Waals surface area contributed by atoms with Crippen LogP contribution in [0.4, 0.5) is 13.6 Å². The molecule has 158 valence electrons. The van der Waals surface area contributed by atoms with E-state index in [4.69, 9.17) is 4.74 Å². The number of nitrogens with zero attached hydrogens (tertiary/aromatic N) is 1. The number of halogens is 2. The van der Waals surface area contributed by atoms with Crippen molar-refractivity contribution >= 4 is 6.09 Å². The van der Waals surface area contributed by atoms with E-state index in [1.807, 2.05) is 18.2 Å². The molecule has 30 heavy (non-hydrogen) atoms. The third kappa shape index (κ3) is 3.93. The molecule has 4 aliphatic rings. The molecule has 2 aromatic rings. The molecule has 1 amide bonds. The van der Waals surface area contributed by atoms with Crippen molar-refractivity contribution in [1.29, 1.82) is 0 Å². The van der Waals surface area contributed by atoms with Crippen molar-refractivity contribution < 1.29 is 18.3 Å². The molecule has 0 aromatic heterocycles. The molecule has 2 bridgehead atoms. The molecule has 6 heteroatoms. The van der Waals surface area contributed by atoms with Crippen molar-refractivity contribution in [2.24, 2.45) is 5.92 Å². The molecular weight excluding hydrogens is 386 g/mol. The van der Waals surface area contributed by atoms with Gasteiger partial charge in [0, 0.05) is 12.6 Å². The number of carbonyl (C=O) groups excluding carboxylic acids is 1. The van der Waals surface area contributed by atoms with Crippen LogP contribution in [0.2, 0.25) is 0 Å². The summed E-state index contributed by atoms with van der Waals surface area (Å²) in [6.45, 7) is 3.03. The van der Waals surface area contributed by atoms with Crippen LogP contribution in [0.3, 0.4) is 0 Å². The van der Waals surface area contributed by atoms with Crippen LogP contribution in [0.1, 0.15) is 42.9 Å². The fourth-order valence-electron chi connectivity index (χ4n) is 5.21. The average molecular weight is 412 g/mol. The number of rotatable bonds is 3. The average Bonchev–Trinajstić information content (AvgIpc) is 2.74. The van der Waals surface area contributed by atoms with Gasteiger partial charge in [-0.2, -0.15) is 0 Å². The summed E-state index contributed by atoms with van der Waals surface area (Å²) >= 11 is 0. The predicted octanol–water partition coefficient (Wildman–Crippen LogP) is 4.83. The zero-order chi connectivity index (χ0) is 20.7. The second-order valence-electron chi connectivity index (χ2n) is 8.74. The van der Waals surface area contributed by atoms with Crippen molar-refractivity contribution in [3.05, 3.63) is 59.2 Å². The molecule has 1 N–H and O–H groups in total. The Kier molecular flexibility index (Phi) is 5.19. The summed E-state index contributed by atoms with van der Waals surface area (Å²) in [5.41, 5.74) is 3.41. The van der Waals surface area contributed by atoms with Gasteiger partial charge in [0.1, 0.15) is 17.7 Å². The first-order valence-electron chi connectivity index (χ1n) is 10.8. The molecule has 1 aliphatic carbocycles. The first-order chi connectivity index (χ1) is 14.5. The van der Waals surface area contributed by atoms with E-state index in [1.165, 1.54) is 12.1 Å². The number of aryl methyl sites for hydroxylation is 1. The van der Waals surface area contributed by atoms with Crippen molar-refractivity contribution in [3.63, 3.8) is 0 Å². The molecule has 0 saturated carbocycles. The van der Waals surface area contributed by atoms with Crippen molar-refractivity contribution in [2.75, 3.05) is 19.6 Å². The monoisotopic (exact) mass is 412 g/mol. The summed E-state index contributed by atoms with van der Waals surface area (Å²) in [7, 11) is 0. The topological polar surface area (TPSA) is 41.6 Å². The zero-order valence-electron chi connectivity index (χ0n) is 16.9. The second kappa shape index (κ2) is 7.99. The van der Waals surface area contributed by atoms with Crippen LogP contribution in [0.5, 0.6) is 0 Å². The predicted molar refractivity (Wildman–Crippen MR) is 110 cm³/mol. The van der Waals surface area contributed by atoms with E-state index in [9.17, 15) is 13.6 Å². The molecule has 2 aromatic carbocycles. The SMILES string of the molecule is O=C(NC1CCCc2ccc(-c3cc(F)cc(F)c3)cc21)O[C@@H]1CN2CCC1CC2. The molecule has 3 heterocycles. The van der Waals surface area contributed by atoms with Gasteiger partial charge >= 0.3 is 6.09 Å². The number of alkyl carbamates (subject to hydrolysis) is 1. The summed E-state index contributed by atoms with van der Waals surface area (Å²) in [4.78, 5) is 15.0. The van der Waals surface area contributed by atoms with Gasteiger partial charge in [0.05, 0.1) is 6.04 Å². The van der Waals surface area contributed by atoms with E-state index in [0.717, 1.165) is 74.5 Å². The highest BCUT2D eigenvalue weighted by Gasteiger charge is 2.37. The van der Waals surface area contributed by atoms with E-state index in [2.05, 4.69) is 10.2 Å². The highest BCUT2D eigenvalue weighted by molar-refractivity contribution is 5.70. The Morgan fingerprint density at radius 1 is 1.00 bits per heavy atom. The van der Waals surface area contributed by atoms with Crippen LogP contribution in [0, 0.1) is 17.6 Å². The maximum atomic E-state index is 13.7. The van der Waals surface area contributed by atoms with Crippen LogP contribution < -0.4 is 5.32 Å². The fourth-order valence-corrected chi connectivity index (χ4v) is 5.21. The van der Waals surface area contributed by atoms with E-state index in [-0.39, 0.29) is 18.2 Å². The number of amides is 1. The molecule has 6 rings (SSSR count). The third-order valence-electron chi connectivity index (χ3n) is 6.80. The number of fused-ring (bicyclic) bond motifs is 4. The highest BCUT2D eigenvalue weighted by Crippen LogP contribution is 2.34. The standard InChI is InChI=1S/C24H26F2N2O2/c25-19-10-18(11-20(26)13-19)17-5-4-15-2-1-3-22(21(15)12-17)27-24(29)30-23-14-28-8-6-16(23)7-9-28/h4-5,10-13,16,22-23H,1-3,6-9,14H2,(H,27,29)/t22?,23-/m1/s1. The summed E-state index contributed by atoms with van der Waals surface area (Å²) in [5.74, 6) is -0.731. The summed E-state index contributed by atoms with van der Waals surface area (Å²) < 4.78 is 33.1. The van der Waals surface area contributed by atoms with Crippen molar-refractivity contribution in [2.45, 2.75) is 44.2 Å². The van der Waals surface area contributed by atoms with Crippen LogP contribution in [-0.4, -0.2) is 36.7 Å². The second-order valence-corrected chi connectivity index (χ2v) is 8.74. The Hall–Kier alpha value is -2.47. The quantitative estimate of drug-likeness (QED) is 0.785. The Labute approximate surface area is 175 Å². The zero-order valence-corrected chi connectivity index (χ0v) is 16.9. The normalized spacial score (nSPS) is 27.4. The molecule has 2 atom stereocenters. The molecule has 3 fully saturated rings. The maximum absolute atomic E-state index is 13.7. The van der Waals surface area contributed by atoms with Gasteiger partial charge in [0.15, 0.2) is 0 Å². The fraction of sp³-hybridized carbons (Fsp3) is 0.458. The van der Waals surface area contributed by atoms with E-state index in [1.54, 1.807) is 0 Å². The molecule has 4 nitrogen and oxygen atoms in total. The van der Waals surface area contributed by atoms with Gasteiger partial charge in [0.25, 0.3) is 0 Å². The van der Waals surface area contributed by atoms with Crippen LogP contribution in [0.25, 0.3) is 11.1 Å². The minimum absolute atomic E-state index is 0.0304. The molecule has 3 saturated heterocycles. The number of piperidine rings is 3. The van der Waals surface area contributed by atoms with Crippen molar-refractivity contribution in [1.82, 2.24) is 10.2 Å². The van der Waals surface area contributed by atoms with E-state index < -0.39 is 11.6 Å². The Bertz CT molecular complexity index is 936. The number of carbonyl (C=O) groups is 1. The third-order valence-corrected chi connectivity index (χ3v) is 6.80. The smallest absolute Gasteiger partial charge is 0.407 e. The maximum Gasteiger partial charge on any atom is 0.407 e. The van der Waals surface area contributed by atoms with Gasteiger partial charge in [-0.15, -0.1) is 0 Å². The lowest BCUT2D eigenvalue weighted by atomic mass is 9.85. The Balaban J connectivity index is 1.33. The van der Waals surface area contributed by atoms with E-state index in [0.29, 0.717) is 11.5 Å². The number of benzene rings is 2. The van der Waals surface area contributed by atoms with Crippen LogP contribution >= 0.6 is 0 Å². The Morgan fingerprint density at radius 2 is 1.77 bits per heavy atom. The van der Waals surface area contributed by atoms with Gasteiger partial charge in [-0.1, -0.05) is 12.1 Å². The number of nitrogens with one attached hydrogen (secondary N) is 1. The van der Waals surface area contributed by atoms with Crippen LogP contribution in [0.15, 0.2) is 36.4 Å². The Morgan fingerprint density at radius 3 is 2.47 bits per heavy atom. The van der Waals surface area contributed by atoms with Crippen LogP contribution in [-0.2, 0) is 11.2 Å². The van der Waals surface area contributed by atoms with Gasteiger partial charge in [-0.05, 0) is 91.6 Å². The van der Waals surface area contributed by atoms with Gasteiger partial charge in [-0.3, -0.25) is 4.90 Å². The molecule has 0 spiro atoms. The highest BCUT2D eigenvalue weighted by atomic mass is 19.1. The van der Waals surface area contributed by atoms with E-state index >= 15 is 0 Å². The molecule has 0 radical (unpaired) electrons. The number of ether oxygens (including phenoxy) is 1. The van der Waals surface area contributed by atoms with Gasteiger partial charge in [-0.25, -0.2) is 13.6 Å². The van der Waals surface area contributed by atoms with Crippen molar-refractivity contribution in [3.8, 4) is 11.1 Å². The minimum atomic E-state index is -0.599. The minimum Gasteiger partial charge on any atom is -0.445 e. The largest absolute Gasteiger partial charge is 0.445 e. The summed E-state index contributed by atoms with van der Waals surface area (Å²) in [6.07, 6.45) is 4.52. The van der Waals surface area contributed by atoms with Gasteiger partial charge < -0.3 is 10.1 Å². The molecule has 3 aliphatic heterocycles. The lowest BCUT2D eigenvalue weighted by molar-refractivity contribution is -0.0340. The summed E-state index contributed by atoms with van der Waals surface area (Å²) in [5, 5.41) is 3.06. The molecule has 1 unspecified atom stereocenters.